The van der Waals surface area contributed by atoms with Gasteiger partial charge in [0.25, 0.3) is 0 Å². The van der Waals surface area contributed by atoms with Crippen LogP contribution in [-0.2, 0) is 0 Å². The summed E-state index contributed by atoms with van der Waals surface area (Å²) >= 11 is 2.49. The Morgan fingerprint density at radius 2 is 1.91 bits per heavy atom. The molecule has 0 amide bonds. The van der Waals surface area contributed by atoms with Crippen LogP contribution in [0.3, 0.4) is 0 Å². The Kier molecular flexibility index (Phi) is 2.72. The van der Waals surface area contributed by atoms with Gasteiger partial charge in [0.1, 0.15) is 0 Å². The van der Waals surface area contributed by atoms with Gasteiger partial charge in [-0.1, -0.05) is 22.6 Å². The highest BCUT2D eigenvalue weighted by molar-refractivity contribution is 14.1. The molecule has 2 aliphatic heterocycles. The average molecular weight is 265 g/mol. The molecule has 3 fully saturated rings. The van der Waals surface area contributed by atoms with Crippen LogP contribution < -0.4 is 0 Å². The Morgan fingerprint density at radius 1 is 1.18 bits per heavy atom. The summed E-state index contributed by atoms with van der Waals surface area (Å²) in [6, 6.07) is 0.967. The lowest BCUT2D eigenvalue weighted by atomic mass is 9.80. The van der Waals surface area contributed by atoms with Crippen LogP contribution in [-0.4, -0.2) is 28.5 Å². The maximum atomic E-state index is 2.71. The molecule has 0 N–H and O–H groups in total. The third-order valence-corrected chi connectivity index (χ3v) is 3.68. The molecule has 0 aromatic rings. The summed E-state index contributed by atoms with van der Waals surface area (Å²) in [6.07, 6.45) is 6.01. The number of hydrogen-bond donors (Lipinski definition) is 0. The topological polar surface area (TPSA) is 3.24 Å². The largest absolute Gasteiger partial charge is 0.299 e. The number of fused-ring (bicyclic) bond motifs is 3. The zero-order chi connectivity index (χ0) is 7.68. The molecule has 0 unspecified atom stereocenters. The summed E-state index contributed by atoms with van der Waals surface area (Å²) in [5.74, 6) is 1.06. The molecule has 2 saturated heterocycles. The molecular formula is C9H16IN. The van der Waals surface area contributed by atoms with Gasteiger partial charge in [-0.3, -0.25) is 4.90 Å². The molecule has 1 aliphatic carbocycles. The van der Waals surface area contributed by atoms with E-state index < -0.39 is 0 Å². The molecule has 64 valence electrons. The zero-order valence-electron chi connectivity index (χ0n) is 6.93. The first kappa shape index (κ1) is 8.30. The van der Waals surface area contributed by atoms with Crippen LogP contribution in [0, 0.1) is 5.92 Å². The highest BCUT2D eigenvalue weighted by Gasteiger charge is 2.32. The van der Waals surface area contributed by atoms with Crippen molar-refractivity contribution < 1.29 is 0 Å². The Balaban J connectivity index is 1.92. The van der Waals surface area contributed by atoms with Crippen LogP contribution in [0.25, 0.3) is 0 Å². The fourth-order valence-corrected chi connectivity index (χ4v) is 3.18. The third-order valence-electron chi connectivity index (χ3n) is 3.20. The summed E-state index contributed by atoms with van der Waals surface area (Å²) in [5, 5.41) is 0. The van der Waals surface area contributed by atoms with Gasteiger partial charge in [-0.05, 0) is 31.6 Å². The molecule has 2 heterocycles. The van der Waals surface area contributed by atoms with Crippen molar-refractivity contribution in [1.82, 2.24) is 4.90 Å². The molecule has 0 radical (unpaired) electrons. The van der Waals surface area contributed by atoms with Gasteiger partial charge in [0.15, 0.2) is 0 Å². The van der Waals surface area contributed by atoms with Crippen LogP contribution in [0.15, 0.2) is 0 Å². The van der Waals surface area contributed by atoms with E-state index in [0.717, 1.165) is 12.0 Å². The van der Waals surface area contributed by atoms with E-state index >= 15 is 0 Å². The summed E-state index contributed by atoms with van der Waals surface area (Å²) < 4.78 is 1.31. The van der Waals surface area contributed by atoms with Crippen molar-refractivity contribution in [2.75, 3.05) is 17.5 Å². The van der Waals surface area contributed by atoms with Gasteiger partial charge in [0.2, 0.25) is 0 Å². The average Bonchev–Trinajstić information content (AvgIpc) is 2.07. The Bertz CT molecular complexity index is 130. The summed E-state index contributed by atoms with van der Waals surface area (Å²) in [6.45, 7) is 2.75. The highest BCUT2D eigenvalue weighted by atomic mass is 127. The van der Waals surface area contributed by atoms with E-state index in [-0.39, 0.29) is 0 Å². The second kappa shape index (κ2) is 3.60. The molecule has 3 aliphatic rings. The molecule has 0 aromatic heterocycles. The molecule has 2 bridgehead atoms. The minimum Gasteiger partial charge on any atom is -0.299 e. The molecule has 0 aromatic carbocycles. The van der Waals surface area contributed by atoms with Crippen molar-refractivity contribution in [2.24, 2.45) is 5.92 Å². The predicted molar refractivity (Wildman–Crippen MR) is 56.2 cm³/mol. The standard InChI is InChI=1S/C9H16IN/c10-5-6-11-7-8-1-3-9(11)4-2-8/h8-9H,1-7H2. The van der Waals surface area contributed by atoms with Gasteiger partial charge in [-0.2, -0.15) is 0 Å². The summed E-state index contributed by atoms with van der Waals surface area (Å²) in [5.41, 5.74) is 0. The number of halogens is 1. The van der Waals surface area contributed by atoms with Crippen molar-refractivity contribution in [1.29, 1.82) is 0 Å². The minimum absolute atomic E-state index is 0.967. The zero-order valence-corrected chi connectivity index (χ0v) is 9.09. The molecule has 3 rings (SSSR count). The highest BCUT2D eigenvalue weighted by Crippen LogP contribution is 2.34. The fourth-order valence-electron chi connectivity index (χ4n) is 2.56. The Labute approximate surface area is 82.7 Å². The predicted octanol–water partition coefficient (Wildman–Crippen LogP) is 2.30. The Hall–Kier alpha value is 0.690. The fraction of sp³-hybridized carbons (Fsp3) is 1.00. The number of alkyl halides is 1. The molecule has 1 nitrogen and oxygen atoms in total. The number of piperidine rings is 2. The maximum Gasteiger partial charge on any atom is 0.0123 e. The van der Waals surface area contributed by atoms with Gasteiger partial charge < -0.3 is 0 Å². The first-order valence-corrected chi connectivity index (χ1v) is 6.22. The second-order valence-electron chi connectivity index (χ2n) is 3.86. The number of rotatable bonds is 2. The van der Waals surface area contributed by atoms with E-state index in [4.69, 9.17) is 0 Å². The van der Waals surface area contributed by atoms with Gasteiger partial charge in [0.05, 0.1) is 0 Å². The van der Waals surface area contributed by atoms with Crippen molar-refractivity contribution >= 4 is 22.6 Å². The van der Waals surface area contributed by atoms with Crippen molar-refractivity contribution in [3.05, 3.63) is 0 Å². The van der Waals surface area contributed by atoms with E-state index in [2.05, 4.69) is 27.5 Å². The van der Waals surface area contributed by atoms with Crippen LogP contribution >= 0.6 is 22.6 Å². The normalized spacial score (nSPS) is 37.9. The monoisotopic (exact) mass is 265 g/mol. The number of hydrogen-bond acceptors (Lipinski definition) is 1. The van der Waals surface area contributed by atoms with E-state index in [1.165, 1.54) is 43.2 Å². The smallest absolute Gasteiger partial charge is 0.0123 e. The van der Waals surface area contributed by atoms with Crippen LogP contribution in [0.4, 0.5) is 0 Å². The first-order valence-electron chi connectivity index (χ1n) is 4.70. The molecular weight excluding hydrogens is 249 g/mol. The van der Waals surface area contributed by atoms with E-state index in [1.54, 1.807) is 0 Å². The van der Waals surface area contributed by atoms with E-state index in [0.29, 0.717) is 0 Å². The molecule has 0 atom stereocenters. The summed E-state index contributed by atoms with van der Waals surface area (Å²) in [7, 11) is 0. The Morgan fingerprint density at radius 3 is 2.36 bits per heavy atom. The third kappa shape index (κ3) is 1.72. The van der Waals surface area contributed by atoms with Crippen molar-refractivity contribution in [2.45, 2.75) is 31.7 Å². The van der Waals surface area contributed by atoms with Gasteiger partial charge >= 0.3 is 0 Å². The summed E-state index contributed by atoms with van der Waals surface area (Å²) in [4.78, 5) is 2.71. The van der Waals surface area contributed by atoms with Crippen molar-refractivity contribution in [3.8, 4) is 0 Å². The van der Waals surface area contributed by atoms with Crippen LogP contribution in [0.1, 0.15) is 25.7 Å². The van der Waals surface area contributed by atoms with Gasteiger partial charge in [-0.15, -0.1) is 0 Å². The van der Waals surface area contributed by atoms with Gasteiger partial charge in [-0.25, -0.2) is 0 Å². The minimum atomic E-state index is 0.967. The van der Waals surface area contributed by atoms with Crippen LogP contribution in [0.2, 0.25) is 0 Å². The van der Waals surface area contributed by atoms with E-state index in [1.807, 2.05) is 0 Å². The number of nitrogens with zero attached hydrogens (tertiary/aromatic N) is 1. The second-order valence-corrected chi connectivity index (χ2v) is 4.94. The van der Waals surface area contributed by atoms with Crippen molar-refractivity contribution in [3.63, 3.8) is 0 Å². The lowest BCUT2D eigenvalue weighted by Crippen LogP contribution is -2.48. The molecule has 1 saturated carbocycles. The SMILES string of the molecule is ICCN1CC2CCC1CC2. The quantitative estimate of drug-likeness (QED) is 0.547. The molecule has 2 heteroatoms. The first-order chi connectivity index (χ1) is 5.40. The van der Waals surface area contributed by atoms with E-state index in [9.17, 15) is 0 Å². The molecule has 0 spiro atoms. The lowest BCUT2D eigenvalue weighted by molar-refractivity contribution is 0.0554. The van der Waals surface area contributed by atoms with Crippen LogP contribution in [0.5, 0.6) is 0 Å². The lowest BCUT2D eigenvalue weighted by Gasteiger charge is -2.45. The maximum absolute atomic E-state index is 2.71. The molecule has 11 heavy (non-hydrogen) atoms. The van der Waals surface area contributed by atoms with Gasteiger partial charge in [0, 0.05) is 23.6 Å².